The van der Waals surface area contributed by atoms with Gasteiger partial charge in [-0.2, -0.15) is 9.78 Å². The van der Waals surface area contributed by atoms with Gasteiger partial charge in [0.2, 0.25) is 10.0 Å². The first-order valence-electron chi connectivity index (χ1n) is 9.28. The van der Waals surface area contributed by atoms with Gasteiger partial charge in [-0.05, 0) is 48.6 Å². The van der Waals surface area contributed by atoms with Gasteiger partial charge in [-0.15, -0.1) is 0 Å². The number of nitrogens with two attached hydrogens (primary N) is 1. The molecule has 3 aromatic rings. The van der Waals surface area contributed by atoms with Crippen LogP contribution in [0.2, 0.25) is 0 Å². The van der Waals surface area contributed by atoms with Crippen molar-refractivity contribution in [2.45, 2.75) is 31.6 Å². The first kappa shape index (κ1) is 21.8. The molecule has 0 saturated heterocycles. The molecule has 30 heavy (non-hydrogen) atoms. The molecule has 158 valence electrons. The molecule has 2 N–H and O–H groups in total. The van der Waals surface area contributed by atoms with Crippen molar-refractivity contribution in [3.05, 3.63) is 76.2 Å². The lowest BCUT2D eigenvalue weighted by Gasteiger charge is -2.14. The molecule has 3 rings (SSSR count). The fraction of sp³-hybridized carbons (Fsp3) is 0.238. The summed E-state index contributed by atoms with van der Waals surface area (Å²) in [5.74, 6) is -1.77. The Morgan fingerprint density at radius 1 is 1.07 bits per heavy atom. The number of aromatic nitrogens is 2. The van der Waals surface area contributed by atoms with Crippen molar-refractivity contribution in [2.24, 2.45) is 11.1 Å². The minimum Gasteiger partial charge on any atom is -0.267 e. The molecule has 0 radical (unpaired) electrons. The lowest BCUT2D eigenvalue weighted by molar-refractivity contribution is 0.507. The van der Waals surface area contributed by atoms with E-state index >= 15 is 0 Å². The van der Waals surface area contributed by atoms with Crippen LogP contribution in [0, 0.1) is 17.6 Å². The van der Waals surface area contributed by atoms with Crippen LogP contribution in [0.1, 0.15) is 25.8 Å². The lowest BCUT2D eigenvalue weighted by Crippen LogP contribution is -2.26. The molecule has 1 heterocycles. The number of halogens is 2. The van der Waals surface area contributed by atoms with Crippen LogP contribution in [0.4, 0.5) is 8.78 Å². The van der Waals surface area contributed by atoms with Gasteiger partial charge in [0.15, 0.2) is 11.6 Å². The van der Waals surface area contributed by atoms with E-state index in [1.807, 2.05) is 13.8 Å². The van der Waals surface area contributed by atoms with Crippen molar-refractivity contribution < 1.29 is 17.2 Å². The lowest BCUT2D eigenvalue weighted by atomic mass is 9.96. The van der Waals surface area contributed by atoms with Crippen LogP contribution < -0.4 is 10.7 Å². The van der Waals surface area contributed by atoms with Crippen molar-refractivity contribution in [1.29, 1.82) is 0 Å². The second kappa shape index (κ2) is 8.45. The monoisotopic (exact) mass is 433 g/mol. The van der Waals surface area contributed by atoms with Crippen molar-refractivity contribution in [3.63, 3.8) is 0 Å². The maximum atomic E-state index is 13.7. The van der Waals surface area contributed by atoms with Crippen molar-refractivity contribution in [1.82, 2.24) is 9.78 Å². The van der Waals surface area contributed by atoms with Crippen molar-refractivity contribution in [2.75, 3.05) is 0 Å². The Morgan fingerprint density at radius 3 is 2.30 bits per heavy atom. The van der Waals surface area contributed by atoms with Gasteiger partial charge in [0.05, 0.1) is 16.8 Å². The fourth-order valence-corrected chi connectivity index (χ4v) is 3.55. The number of nitrogens with zero attached hydrogens (tertiary/aromatic N) is 2. The van der Waals surface area contributed by atoms with Crippen LogP contribution in [0.5, 0.6) is 0 Å². The van der Waals surface area contributed by atoms with E-state index in [0.29, 0.717) is 29.0 Å². The molecule has 1 aromatic heterocycles. The van der Waals surface area contributed by atoms with Crippen LogP contribution in [0.25, 0.3) is 16.8 Å². The summed E-state index contributed by atoms with van der Waals surface area (Å²) in [6.07, 6.45) is 2.62. The van der Waals surface area contributed by atoms with Gasteiger partial charge < -0.3 is 0 Å². The van der Waals surface area contributed by atoms with E-state index in [1.54, 1.807) is 12.1 Å². The number of hydrogen-bond donors (Lipinski definition) is 1. The first-order valence-corrected chi connectivity index (χ1v) is 10.8. The second-order valence-corrected chi connectivity index (χ2v) is 8.92. The fourth-order valence-electron chi connectivity index (χ4n) is 3.04. The second-order valence-electron chi connectivity index (χ2n) is 7.35. The number of primary sulfonamides is 1. The number of benzene rings is 2. The highest BCUT2D eigenvalue weighted by molar-refractivity contribution is 7.89. The third kappa shape index (κ3) is 4.63. The van der Waals surface area contributed by atoms with Crippen molar-refractivity contribution >= 4 is 10.0 Å². The zero-order valence-electron chi connectivity index (χ0n) is 16.5. The normalized spacial score (nSPS) is 11.8. The Labute approximate surface area is 173 Å². The predicted molar refractivity (Wildman–Crippen MR) is 110 cm³/mol. The van der Waals surface area contributed by atoms with Crippen LogP contribution in [-0.2, 0) is 16.4 Å². The zero-order chi connectivity index (χ0) is 22.1. The predicted octanol–water partition coefficient (Wildman–Crippen LogP) is 3.41. The summed E-state index contributed by atoms with van der Waals surface area (Å²) in [5.41, 5.74) is 1.26. The number of hydrogen-bond acceptors (Lipinski definition) is 4. The molecular weight excluding hydrogens is 412 g/mol. The molecule has 0 aliphatic carbocycles. The van der Waals surface area contributed by atoms with E-state index in [2.05, 4.69) is 5.10 Å². The molecule has 0 bridgehead atoms. The maximum absolute atomic E-state index is 13.7. The largest absolute Gasteiger partial charge is 0.275 e. The third-order valence-electron chi connectivity index (χ3n) is 4.69. The zero-order valence-corrected chi connectivity index (χ0v) is 17.3. The average Bonchev–Trinajstić information content (AvgIpc) is 2.68. The third-order valence-corrected chi connectivity index (χ3v) is 5.62. The quantitative estimate of drug-likeness (QED) is 0.644. The Hall–Kier alpha value is -2.91. The molecule has 6 nitrogen and oxygen atoms in total. The van der Waals surface area contributed by atoms with E-state index in [-0.39, 0.29) is 10.6 Å². The molecule has 0 atom stereocenters. The van der Waals surface area contributed by atoms with Crippen molar-refractivity contribution in [3.8, 4) is 16.8 Å². The highest BCUT2D eigenvalue weighted by Gasteiger charge is 2.16. The minimum absolute atomic E-state index is 0.0435. The summed E-state index contributed by atoms with van der Waals surface area (Å²) in [7, 11) is -3.84. The van der Waals surface area contributed by atoms with Gasteiger partial charge in [0.1, 0.15) is 0 Å². The molecule has 0 unspecified atom stereocenters. The molecule has 2 aromatic carbocycles. The molecule has 0 saturated carbocycles. The summed E-state index contributed by atoms with van der Waals surface area (Å²) in [5, 5.41) is 9.26. The summed E-state index contributed by atoms with van der Waals surface area (Å²) < 4.78 is 50.9. The molecule has 0 spiro atoms. The molecular formula is C21H21F2N3O3S. The molecule has 0 aliphatic rings. The van der Waals surface area contributed by atoms with E-state index in [9.17, 15) is 22.0 Å². The Kier molecular flexibility index (Phi) is 6.14. The first-order chi connectivity index (χ1) is 14.1. The Morgan fingerprint density at radius 2 is 1.73 bits per heavy atom. The van der Waals surface area contributed by atoms with E-state index in [1.165, 1.54) is 24.4 Å². The number of sulfonamides is 1. The smallest absolute Gasteiger partial charge is 0.267 e. The summed E-state index contributed by atoms with van der Waals surface area (Å²) in [4.78, 5) is 13.1. The van der Waals surface area contributed by atoms with Gasteiger partial charge in [-0.1, -0.05) is 26.0 Å². The topological polar surface area (TPSA) is 95.1 Å². The average molecular weight is 433 g/mol. The summed E-state index contributed by atoms with van der Waals surface area (Å²) in [6, 6.07) is 8.95. The van der Waals surface area contributed by atoms with Crippen LogP contribution in [0.15, 0.2) is 58.4 Å². The molecule has 0 aliphatic heterocycles. The van der Waals surface area contributed by atoms with Gasteiger partial charge in [0, 0.05) is 17.2 Å². The van der Waals surface area contributed by atoms with Gasteiger partial charge in [0.25, 0.3) is 5.56 Å². The van der Waals surface area contributed by atoms with E-state index in [4.69, 9.17) is 5.14 Å². The Bertz CT molecular complexity index is 1240. The minimum atomic E-state index is -3.84. The van der Waals surface area contributed by atoms with Gasteiger partial charge in [-0.3, -0.25) is 4.79 Å². The van der Waals surface area contributed by atoms with Crippen LogP contribution in [-0.4, -0.2) is 18.2 Å². The van der Waals surface area contributed by atoms with Crippen LogP contribution in [0.3, 0.4) is 0 Å². The molecule has 0 amide bonds. The van der Waals surface area contributed by atoms with E-state index in [0.717, 1.165) is 23.2 Å². The SMILES string of the molecule is CC(C)CCc1c(-c2ccc(S(N)(=O)=O)cc2)cnn(-c2ccc(F)c(F)c2)c1=O. The van der Waals surface area contributed by atoms with Crippen LogP contribution >= 0.6 is 0 Å². The summed E-state index contributed by atoms with van der Waals surface area (Å²) in [6.45, 7) is 4.05. The van der Waals surface area contributed by atoms with Gasteiger partial charge in [-0.25, -0.2) is 22.3 Å². The summed E-state index contributed by atoms with van der Waals surface area (Å²) >= 11 is 0. The molecule has 0 fully saturated rings. The maximum Gasteiger partial charge on any atom is 0.275 e. The standard InChI is InChI=1S/C21H21F2N3O3S/c1-13(2)3-9-17-18(14-4-7-16(8-5-14)30(24,28)29)12-25-26(21(17)27)15-6-10-19(22)20(23)11-15/h4-8,10-13H,3,9H2,1-2H3,(H2,24,28,29). The van der Waals surface area contributed by atoms with Gasteiger partial charge >= 0.3 is 0 Å². The van der Waals surface area contributed by atoms with E-state index < -0.39 is 27.2 Å². The molecule has 9 heteroatoms. The highest BCUT2D eigenvalue weighted by atomic mass is 32.2. The highest BCUT2D eigenvalue weighted by Crippen LogP contribution is 2.25. The Balaban J connectivity index is 2.14. The number of rotatable bonds is 6.